The number of carbonyl (C=O) groups excluding carboxylic acids is 4. The van der Waals surface area contributed by atoms with Gasteiger partial charge in [0.05, 0.1) is 31.3 Å². The molecule has 0 atom stereocenters. The van der Waals surface area contributed by atoms with Crippen LogP contribution in [0.15, 0.2) is 18.2 Å². The van der Waals surface area contributed by atoms with Gasteiger partial charge in [0.15, 0.2) is 6.61 Å². The quantitative estimate of drug-likeness (QED) is 0.578. The first-order chi connectivity index (χ1) is 12.9. The highest BCUT2D eigenvalue weighted by molar-refractivity contribution is 6.00. The van der Waals surface area contributed by atoms with Crippen molar-refractivity contribution in [3.63, 3.8) is 0 Å². The number of hydrogen-bond acceptors (Lipinski definition) is 8. The SMILES string of the molecule is COC(=O)c1cc(NC(=O)COC(=O)C2CCOCC2)cc(C(=O)OC)c1. The van der Waals surface area contributed by atoms with E-state index in [9.17, 15) is 19.2 Å². The van der Waals surface area contributed by atoms with Crippen LogP contribution in [0.25, 0.3) is 0 Å². The van der Waals surface area contributed by atoms with Gasteiger partial charge in [-0.25, -0.2) is 9.59 Å². The number of ether oxygens (including phenoxy) is 4. The third-order valence-corrected chi connectivity index (χ3v) is 3.96. The van der Waals surface area contributed by atoms with Gasteiger partial charge in [0.25, 0.3) is 5.91 Å². The third-order valence-electron chi connectivity index (χ3n) is 3.96. The topological polar surface area (TPSA) is 117 Å². The zero-order chi connectivity index (χ0) is 19.8. The van der Waals surface area contributed by atoms with E-state index >= 15 is 0 Å². The van der Waals surface area contributed by atoms with E-state index in [4.69, 9.17) is 9.47 Å². The Balaban J connectivity index is 2.01. The first-order valence-electron chi connectivity index (χ1n) is 8.30. The predicted molar refractivity (Wildman–Crippen MR) is 92.3 cm³/mol. The molecule has 1 aliphatic rings. The maximum atomic E-state index is 12.1. The fourth-order valence-corrected chi connectivity index (χ4v) is 2.56. The summed E-state index contributed by atoms with van der Waals surface area (Å²) < 4.78 is 19.4. The molecule has 0 radical (unpaired) electrons. The van der Waals surface area contributed by atoms with Gasteiger partial charge < -0.3 is 24.3 Å². The second-order valence-electron chi connectivity index (χ2n) is 5.82. The molecule has 1 heterocycles. The van der Waals surface area contributed by atoms with E-state index in [-0.39, 0.29) is 22.7 Å². The second kappa shape index (κ2) is 9.67. The Hall–Kier alpha value is -2.94. The maximum absolute atomic E-state index is 12.1. The van der Waals surface area contributed by atoms with Gasteiger partial charge >= 0.3 is 17.9 Å². The van der Waals surface area contributed by atoms with Crippen molar-refractivity contribution in [3.8, 4) is 0 Å². The molecule has 0 aliphatic carbocycles. The van der Waals surface area contributed by atoms with Crippen LogP contribution in [0.5, 0.6) is 0 Å². The van der Waals surface area contributed by atoms with Crippen LogP contribution in [-0.2, 0) is 28.5 Å². The van der Waals surface area contributed by atoms with Crippen LogP contribution in [0.4, 0.5) is 5.69 Å². The van der Waals surface area contributed by atoms with Gasteiger partial charge in [-0.3, -0.25) is 9.59 Å². The standard InChI is InChI=1S/C18H21NO8/c1-24-16(21)12-7-13(17(22)25-2)9-14(8-12)19-15(20)10-27-18(23)11-3-5-26-6-4-11/h7-9,11H,3-6,10H2,1-2H3,(H,19,20). The molecule has 1 N–H and O–H groups in total. The van der Waals surface area contributed by atoms with E-state index in [2.05, 4.69) is 14.8 Å². The molecule has 9 nitrogen and oxygen atoms in total. The molecule has 0 unspecified atom stereocenters. The monoisotopic (exact) mass is 379 g/mol. The number of hydrogen-bond donors (Lipinski definition) is 1. The van der Waals surface area contributed by atoms with Crippen LogP contribution in [-0.4, -0.2) is 57.9 Å². The first kappa shape index (κ1) is 20.4. The summed E-state index contributed by atoms with van der Waals surface area (Å²) in [5.74, 6) is -2.69. The molecule has 1 aromatic rings. The fraction of sp³-hybridized carbons (Fsp3) is 0.444. The molecule has 1 amide bonds. The number of rotatable bonds is 6. The largest absolute Gasteiger partial charge is 0.465 e. The van der Waals surface area contributed by atoms with E-state index in [0.29, 0.717) is 26.1 Å². The van der Waals surface area contributed by atoms with Crippen molar-refractivity contribution in [2.75, 3.05) is 39.4 Å². The number of amides is 1. The van der Waals surface area contributed by atoms with Crippen LogP contribution in [0, 0.1) is 5.92 Å². The fourth-order valence-electron chi connectivity index (χ4n) is 2.56. The summed E-state index contributed by atoms with van der Waals surface area (Å²) in [7, 11) is 2.39. The van der Waals surface area contributed by atoms with Crippen LogP contribution in [0.3, 0.4) is 0 Å². The number of esters is 3. The first-order valence-corrected chi connectivity index (χ1v) is 8.30. The van der Waals surface area contributed by atoms with Crippen molar-refractivity contribution in [3.05, 3.63) is 29.3 Å². The normalized spacial score (nSPS) is 14.1. The molecule has 1 fully saturated rings. The van der Waals surface area contributed by atoms with Crippen LogP contribution in [0.1, 0.15) is 33.6 Å². The smallest absolute Gasteiger partial charge is 0.337 e. The molecular weight excluding hydrogens is 358 g/mol. The summed E-state index contributed by atoms with van der Waals surface area (Å²) >= 11 is 0. The Labute approximate surface area is 155 Å². The number of nitrogens with one attached hydrogen (secondary N) is 1. The number of carbonyl (C=O) groups is 4. The minimum Gasteiger partial charge on any atom is -0.465 e. The average molecular weight is 379 g/mol. The van der Waals surface area contributed by atoms with Gasteiger partial charge in [0.1, 0.15) is 0 Å². The summed E-state index contributed by atoms with van der Waals surface area (Å²) in [6.07, 6.45) is 1.12. The molecule has 0 bridgehead atoms. The summed E-state index contributed by atoms with van der Waals surface area (Å²) in [5, 5.41) is 2.48. The Morgan fingerprint density at radius 1 is 1.00 bits per heavy atom. The van der Waals surface area contributed by atoms with Crippen LogP contribution in [0.2, 0.25) is 0 Å². The Bertz CT molecular complexity index is 690. The second-order valence-corrected chi connectivity index (χ2v) is 5.82. The van der Waals surface area contributed by atoms with E-state index in [1.165, 1.54) is 32.4 Å². The van der Waals surface area contributed by atoms with Crippen molar-refractivity contribution < 1.29 is 38.1 Å². The minimum atomic E-state index is -0.679. The molecule has 1 saturated heterocycles. The number of methoxy groups -OCH3 is 2. The van der Waals surface area contributed by atoms with Crippen molar-refractivity contribution in [1.29, 1.82) is 0 Å². The lowest BCUT2D eigenvalue weighted by Crippen LogP contribution is -2.28. The Morgan fingerprint density at radius 3 is 2.07 bits per heavy atom. The van der Waals surface area contributed by atoms with Gasteiger partial charge in [-0.2, -0.15) is 0 Å². The molecule has 9 heteroatoms. The molecule has 0 spiro atoms. The molecule has 0 aromatic heterocycles. The lowest BCUT2D eigenvalue weighted by Gasteiger charge is -2.20. The van der Waals surface area contributed by atoms with Gasteiger partial charge in [0.2, 0.25) is 0 Å². The number of anilines is 1. The zero-order valence-corrected chi connectivity index (χ0v) is 15.1. The van der Waals surface area contributed by atoms with Crippen molar-refractivity contribution >= 4 is 29.5 Å². The van der Waals surface area contributed by atoms with E-state index in [0.717, 1.165) is 0 Å². The highest BCUT2D eigenvalue weighted by atomic mass is 16.5. The van der Waals surface area contributed by atoms with Gasteiger partial charge in [-0.05, 0) is 31.0 Å². The lowest BCUT2D eigenvalue weighted by atomic mass is 10.0. The van der Waals surface area contributed by atoms with Crippen LogP contribution >= 0.6 is 0 Å². The molecule has 27 heavy (non-hydrogen) atoms. The van der Waals surface area contributed by atoms with Crippen molar-refractivity contribution in [1.82, 2.24) is 0 Å². The summed E-state index contributed by atoms with van der Waals surface area (Å²) in [6.45, 7) is 0.497. The van der Waals surface area contributed by atoms with Crippen molar-refractivity contribution in [2.45, 2.75) is 12.8 Å². The molecule has 0 saturated carbocycles. The lowest BCUT2D eigenvalue weighted by molar-refractivity contribution is -0.154. The van der Waals surface area contributed by atoms with Gasteiger partial charge in [-0.1, -0.05) is 0 Å². The Morgan fingerprint density at radius 2 is 1.56 bits per heavy atom. The highest BCUT2D eigenvalue weighted by Crippen LogP contribution is 2.18. The Kier molecular flexibility index (Phi) is 7.30. The summed E-state index contributed by atoms with van der Waals surface area (Å²) in [5.41, 5.74) is 0.301. The highest BCUT2D eigenvalue weighted by Gasteiger charge is 2.23. The molecule has 146 valence electrons. The van der Waals surface area contributed by atoms with E-state index < -0.39 is 30.4 Å². The summed E-state index contributed by atoms with van der Waals surface area (Å²) in [4.78, 5) is 47.5. The van der Waals surface area contributed by atoms with E-state index in [1.54, 1.807) is 0 Å². The predicted octanol–water partition coefficient (Wildman–Crippen LogP) is 1.17. The minimum absolute atomic E-state index is 0.0647. The average Bonchev–Trinajstić information content (AvgIpc) is 2.71. The number of benzene rings is 1. The maximum Gasteiger partial charge on any atom is 0.337 e. The van der Waals surface area contributed by atoms with Crippen molar-refractivity contribution in [2.24, 2.45) is 5.92 Å². The molecule has 1 aromatic carbocycles. The molecular formula is C18H21NO8. The van der Waals surface area contributed by atoms with Crippen LogP contribution < -0.4 is 5.32 Å². The molecule has 2 rings (SSSR count). The zero-order valence-electron chi connectivity index (χ0n) is 15.1. The third kappa shape index (κ3) is 5.78. The molecule has 1 aliphatic heterocycles. The van der Waals surface area contributed by atoms with Gasteiger partial charge in [0, 0.05) is 18.9 Å². The van der Waals surface area contributed by atoms with Gasteiger partial charge in [-0.15, -0.1) is 0 Å². The summed E-state index contributed by atoms with van der Waals surface area (Å²) in [6, 6.07) is 3.98. The van der Waals surface area contributed by atoms with E-state index in [1.807, 2.05) is 0 Å².